The molecular weight excluding hydrogens is 316 g/mol. The molecule has 0 unspecified atom stereocenters. The molecule has 1 aliphatic rings. The number of hydrogen-bond acceptors (Lipinski definition) is 4. The minimum absolute atomic E-state index is 0.114. The van der Waals surface area contributed by atoms with Crippen LogP contribution < -0.4 is 5.32 Å². The lowest BCUT2D eigenvalue weighted by Crippen LogP contribution is -2.22. The van der Waals surface area contributed by atoms with Gasteiger partial charge in [-0.15, -0.1) is 5.10 Å². The molecule has 0 radical (unpaired) electrons. The van der Waals surface area contributed by atoms with E-state index in [1.807, 2.05) is 41.1 Å². The van der Waals surface area contributed by atoms with Gasteiger partial charge in [-0.25, -0.2) is 9.36 Å². The van der Waals surface area contributed by atoms with Crippen molar-refractivity contribution in [1.29, 1.82) is 0 Å². The molecule has 7 nitrogen and oxygen atoms in total. The van der Waals surface area contributed by atoms with Crippen LogP contribution in [0.2, 0.25) is 0 Å². The Balaban J connectivity index is 1.41. The van der Waals surface area contributed by atoms with Crippen LogP contribution in [0.4, 0.5) is 5.82 Å². The molecule has 1 amide bonds. The van der Waals surface area contributed by atoms with E-state index in [9.17, 15) is 4.79 Å². The van der Waals surface area contributed by atoms with E-state index in [-0.39, 0.29) is 12.5 Å². The molecule has 25 heavy (non-hydrogen) atoms. The molecule has 1 N–H and O–H groups in total. The van der Waals surface area contributed by atoms with E-state index in [2.05, 4.69) is 27.7 Å². The molecule has 0 aliphatic heterocycles. The Morgan fingerprint density at radius 3 is 2.84 bits per heavy atom. The van der Waals surface area contributed by atoms with Gasteiger partial charge in [0.25, 0.3) is 0 Å². The van der Waals surface area contributed by atoms with Crippen LogP contribution in [0.15, 0.2) is 48.8 Å². The van der Waals surface area contributed by atoms with Gasteiger partial charge in [0.1, 0.15) is 18.1 Å². The Kier molecular flexibility index (Phi) is 4.05. The van der Waals surface area contributed by atoms with Gasteiger partial charge in [-0.1, -0.05) is 35.5 Å². The molecule has 4 rings (SSSR count). The molecule has 0 bridgehead atoms. The van der Waals surface area contributed by atoms with E-state index in [0.29, 0.717) is 12.0 Å². The maximum absolute atomic E-state index is 12.3. The molecule has 3 aromatic rings. The van der Waals surface area contributed by atoms with Crippen molar-refractivity contribution in [1.82, 2.24) is 24.8 Å². The van der Waals surface area contributed by atoms with E-state index in [1.54, 1.807) is 17.1 Å². The van der Waals surface area contributed by atoms with Crippen LogP contribution in [-0.2, 0) is 11.3 Å². The number of aromatic nitrogens is 5. The zero-order valence-corrected chi connectivity index (χ0v) is 14.0. The average molecular weight is 336 g/mol. The number of anilines is 1. The highest BCUT2D eigenvalue weighted by atomic mass is 16.2. The zero-order chi connectivity index (χ0) is 17.2. The van der Waals surface area contributed by atoms with Crippen LogP contribution in [0.3, 0.4) is 0 Å². The van der Waals surface area contributed by atoms with Gasteiger partial charge in [-0.2, -0.15) is 5.10 Å². The van der Waals surface area contributed by atoms with Gasteiger partial charge >= 0.3 is 0 Å². The first-order valence-electron chi connectivity index (χ1n) is 8.49. The van der Waals surface area contributed by atoms with Gasteiger partial charge in [-0.3, -0.25) is 4.79 Å². The van der Waals surface area contributed by atoms with Crippen molar-refractivity contribution in [3.63, 3.8) is 0 Å². The molecule has 2 heterocycles. The standard InChI is InChI=1S/C18H20N6O/c1-13(14-7-8-14)24-17(9-10-19-24)20-18(25)12-23-11-16(21-22-23)15-5-3-2-4-6-15/h2-6,9-11,13-14H,7-8,12H2,1H3,(H,20,25)/t13-/m1/s1. The Hall–Kier alpha value is -2.96. The second-order valence-electron chi connectivity index (χ2n) is 6.45. The number of nitrogens with one attached hydrogen (secondary N) is 1. The first-order chi connectivity index (χ1) is 12.2. The summed E-state index contributed by atoms with van der Waals surface area (Å²) in [4.78, 5) is 12.3. The van der Waals surface area contributed by atoms with E-state index >= 15 is 0 Å². The molecule has 2 aromatic heterocycles. The molecule has 0 spiro atoms. The maximum Gasteiger partial charge on any atom is 0.247 e. The monoisotopic (exact) mass is 336 g/mol. The van der Waals surface area contributed by atoms with E-state index in [4.69, 9.17) is 0 Å². The Morgan fingerprint density at radius 2 is 2.08 bits per heavy atom. The fourth-order valence-corrected chi connectivity index (χ4v) is 2.96. The van der Waals surface area contributed by atoms with E-state index < -0.39 is 0 Å². The molecule has 1 fully saturated rings. The van der Waals surface area contributed by atoms with Crippen molar-refractivity contribution in [3.05, 3.63) is 48.8 Å². The molecular formula is C18H20N6O. The third-order valence-corrected chi connectivity index (χ3v) is 4.54. The summed E-state index contributed by atoms with van der Waals surface area (Å²) in [6.07, 6.45) is 5.96. The van der Waals surface area contributed by atoms with Crippen molar-refractivity contribution in [2.45, 2.75) is 32.4 Å². The van der Waals surface area contributed by atoms with Crippen LogP contribution >= 0.6 is 0 Å². The van der Waals surface area contributed by atoms with Crippen molar-refractivity contribution in [2.75, 3.05) is 5.32 Å². The Labute approximate surface area is 145 Å². The molecule has 1 aromatic carbocycles. The summed E-state index contributed by atoms with van der Waals surface area (Å²) in [5, 5.41) is 15.4. The van der Waals surface area contributed by atoms with Crippen molar-refractivity contribution in [3.8, 4) is 11.3 Å². The quantitative estimate of drug-likeness (QED) is 0.751. The van der Waals surface area contributed by atoms with Gasteiger partial charge < -0.3 is 5.32 Å². The first kappa shape index (κ1) is 15.6. The number of amides is 1. The van der Waals surface area contributed by atoms with Gasteiger partial charge in [-0.05, 0) is 25.7 Å². The van der Waals surface area contributed by atoms with Crippen molar-refractivity contribution in [2.24, 2.45) is 5.92 Å². The third kappa shape index (κ3) is 3.45. The largest absolute Gasteiger partial charge is 0.309 e. The average Bonchev–Trinajstić information content (AvgIpc) is 3.21. The van der Waals surface area contributed by atoms with Gasteiger partial charge in [0.15, 0.2) is 0 Å². The molecule has 0 saturated heterocycles. The first-order valence-corrected chi connectivity index (χ1v) is 8.49. The zero-order valence-electron chi connectivity index (χ0n) is 14.0. The summed E-state index contributed by atoms with van der Waals surface area (Å²) < 4.78 is 3.44. The maximum atomic E-state index is 12.3. The summed E-state index contributed by atoms with van der Waals surface area (Å²) in [5.41, 5.74) is 1.73. The third-order valence-electron chi connectivity index (χ3n) is 4.54. The fourth-order valence-electron chi connectivity index (χ4n) is 2.96. The van der Waals surface area contributed by atoms with Gasteiger partial charge in [0.2, 0.25) is 5.91 Å². The number of benzene rings is 1. The highest BCUT2D eigenvalue weighted by Crippen LogP contribution is 2.40. The summed E-state index contributed by atoms with van der Waals surface area (Å²) in [5.74, 6) is 1.25. The van der Waals surface area contributed by atoms with Crippen LogP contribution in [0.25, 0.3) is 11.3 Å². The highest BCUT2D eigenvalue weighted by Gasteiger charge is 2.30. The summed E-state index contributed by atoms with van der Waals surface area (Å²) in [6, 6.07) is 11.9. The van der Waals surface area contributed by atoms with Crippen LogP contribution in [-0.4, -0.2) is 30.7 Å². The molecule has 7 heteroatoms. The predicted octanol–water partition coefficient (Wildman–Crippen LogP) is 2.75. The molecule has 1 saturated carbocycles. The lowest BCUT2D eigenvalue weighted by molar-refractivity contribution is -0.117. The molecule has 128 valence electrons. The number of rotatable bonds is 6. The molecule has 1 atom stereocenters. The normalized spacial score (nSPS) is 15.1. The van der Waals surface area contributed by atoms with Crippen LogP contribution in [0, 0.1) is 5.92 Å². The summed E-state index contributed by atoms with van der Waals surface area (Å²) in [6.45, 7) is 2.26. The van der Waals surface area contributed by atoms with Crippen LogP contribution in [0.1, 0.15) is 25.8 Å². The highest BCUT2D eigenvalue weighted by molar-refractivity contribution is 5.89. The number of carbonyl (C=O) groups is 1. The predicted molar refractivity (Wildman–Crippen MR) is 93.7 cm³/mol. The van der Waals surface area contributed by atoms with Gasteiger partial charge in [0, 0.05) is 11.6 Å². The smallest absolute Gasteiger partial charge is 0.247 e. The van der Waals surface area contributed by atoms with E-state index in [0.717, 1.165) is 17.1 Å². The van der Waals surface area contributed by atoms with Crippen molar-refractivity contribution >= 4 is 11.7 Å². The van der Waals surface area contributed by atoms with E-state index in [1.165, 1.54) is 12.8 Å². The Bertz CT molecular complexity index is 865. The number of carbonyl (C=O) groups excluding carboxylic acids is 1. The number of hydrogen-bond donors (Lipinski definition) is 1. The topological polar surface area (TPSA) is 77.6 Å². The minimum Gasteiger partial charge on any atom is -0.309 e. The van der Waals surface area contributed by atoms with Crippen LogP contribution in [0.5, 0.6) is 0 Å². The minimum atomic E-state index is -0.144. The lowest BCUT2D eigenvalue weighted by atomic mass is 10.2. The van der Waals surface area contributed by atoms with Crippen molar-refractivity contribution < 1.29 is 4.79 Å². The summed E-state index contributed by atoms with van der Waals surface area (Å²) in [7, 11) is 0. The fraction of sp³-hybridized carbons (Fsp3) is 0.333. The summed E-state index contributed by atoms with van der Waals surface area (Å²) >= 11 is 0. The lowest BCUT2D eigenvalue weighted by Gasteiger charge is -2.15. The second kappa shape index (κ2) is 6.51. The second-order valence-corrected chi connectivity index (χ2v) is 6.45. The molecule has 1 aliphatic carbocycles. The van der Waals surface area contributed by atoms with Gasteiger partial charge in [0.05, 0.1) is 18.4 Å². The SMILES string of the molecule is C[C@H](C1CC1)n1nccc1NC(=O)Cn1cc(-c2ccccc2)nn1. The number of nitrogens with zero attached hydrogens (tertiary/aromatic N) is 5. The Morgan fingerprint density at radius 1 is 1.28 bits per heavy atom.